The number of benzene rings is 4. The average molecular weight is 1610 g/mol. The van der Waals surface area contributed by atoms with Gasteiger partial charge < -0.3 is 9.97 Å². The molecule has 7 aromatic rings. The van der Waals surface area contributed by atoms with Crippen molar-refractivity contribution in [3.8, 4) is 44.5 Å². The summed E-state index contributed by atoms with van der Waals surface area (Å²) >= 11 is 23.8. The normalized spacial score (nSPS) is 12.9. The fourth-order valence-electron chi connectivity index (χ4n) is 7.84. The van der Waals surface area contributed by atoms with Crippen molar-refractivity contribution >= 4 is 167 Å². The van der Waals surface area contributed by atoms with Crippen LogP contribution < -0.4 is 0 Å². The van der Waals surface area contributed by atoms with Crippen molar-refractivity contribution in [1.29, 1.82) is 0 Å². The Labute approximate surface area is 472 Å². The topological polar surface area (TPSA) is 57.4 Å². The summed E-state index contributed by atoms with van der Waals surface area (Å²) < 4.78 is 306. The lowest BCUT2D eigenvalue weighted by Gasteiger charge is -2.12. The molecule has 0 aliphatic carbocycles. The minimum Gasteiger partial charge on any atom is -0.352 e. The first-order chi connectivity index (χ1) is 35.4. The Hall–Kier alpha value is -4.08. The number of fused-ring (bicyclic) bond motifs is 8. The van der Waals surface area contributed by atoms with E-state index in [1.807, 2.05) is 0 Å². The van der Waals surface area contributed by atoms with E-state index in [-0.39, 0.29) is 0 Å². The van der Waals surface area contributed by atoms with Crippen molar-refractivity contribution in [3.63, 3.8) is 0 Å². The van der Waals surface area contributed by atoms with E-state index in [9.17, 15) is 17.6 Å². The number of H-pyrrole nitrogens is 2. The van der Waals surface area contributed by atoms with Crippen LogP contribution in [-0.4, -0.2) is 19.9 Å². The quantitative estimate of drug-likeness (QED) is 0.105. The van der Waals surface area contributed by atoms with E-state index < -0.39 is 242 Å². The van der Waals surface area contributed by atoms with Crippen LogP contribution in [-0.2, 0) is 0 Å². The summed E-state index contributed by atoms with van der Waals surface area (Å²) in [5, 5.41) is 0. The Bertz CT molecular complexity index is 3540. The number of aromatic amines is 2. The van der Waals surface area contributed by atoms with Crippen molar-refractivity contribution in [1.82, 2.24) is 19.9 Å². The fraction of sp³-hybridized carbons (Fsp3) is 0. The minimum absolute atomic E-state index is 0.778. The molecule has 394 valence electrons. The largest absolute Gasteiger partial charge is 0.352 e. The highest BCUT2D eigenvalue weighted by Gasteiger charge is 2.40. The zero-order valence-electron chi connectivity index (χ0n) is 34.5. The van der Waals surface area contributed by atoms with Gasteiger partial charge in [0.2, 0.25) is 23.3 Å². The fourth-order valence-corrected chi connectivity index (χ4v) is 11.7. The Kier molecular flexibility index (Phi) is 14.8. The van der Waals surface area contributed by atoms with Gasteiger partial charge in [-0.3, -0.25) is 0 Å². The van der Waals surface area contributed by atoms with E-state index in [0.29, 0.717) is 0 Å². The van der Waals surface area contributed by atoms with Crippen LogP contribution in [0.15, 0.2) is 17.9 Å². The first kappa shape index (κ1) is 56.6. The molecule has 0 saturated carbocycles. The lowest BCUT2D eigenvalue weighted by molar-refractivity contribution is 0.381. The predicted octanol–water partition coefficient (Wildman–Crippen LogP) is 20.0. The van der Waals surface area contributed by atoms with Gasteiger partial charge in [0.15, 0.2) is 93.1 Å². The summed E-state index contributed by atoms with van der Waals surface area (Å²) in [6.07, 6.45) is 0. The molecule has 0 fully saturated rings. The maximum Gasteiger partial charge on any atom is 0.200 e. The molecule has 32 heteroatoms. The third kappa shape index (κ3) is 7.99. The highest BCUT2D eigenvalue weighted by atomic mass is 79.9. The number of halogens is 28. The number of nitrogens with one attached hydrogen (secondary N) is 2. The molecule has 2 aliphatic heterocycles. The lowest BCUT2D eigenvalue weighted by Crippen LogP contribution is -2.06. The minimum atomic E-state index is -2.77. The van der Waals surface area contributed by atoms with Gasteiger partial charge in [-0.2, -0.15) is 0 Å². The highest BCUT2D eigenvalue weighted by Crippen LogP contribution is 2.55. The van der Waals surface area contributed by atoms with Crippen molar-refractivity contribution in [2.75, 3.05) is 0 Å². The number of aromatic nitrogens is 4. The van der Waals surface area contributed by atoms with Crippen LogP contribution in [0.1, 0.15) is 22.8 Å². The molecule has 4 aromatic carbocycles. The van der Waals surface area contributed by atoms with Gasteiger partial charge in [-0.15, -0.1) is 0 Å². The van der Waals surface area contributed by atoms with Crippen LogP contribution >= 0.6 is 127 Å². The molecule has 0 unspecified atom stereocenters. The van der Waals surface area contributed by atoms with Crippen molar-refractivity contribution < 1.29 is 87.8 Å². The van der Waals surface area contributed by atoms with Crippen LogP contribution in [0.25, 0.3) is 84.5 Å². The van der Waals surface area contributed by atoms with E-state index in [2.05, 4.69) is 147 Å². The highest BCUT2D eigenvalue weighted by molar-refractivity contribution is 9.18. The molecule has 0 atom stereocenters. The third-order valence-electron chi connectivity index (χ3n) is 11.2. The second-order valence-corrected chi connectivity index (χ2v) is 21.5. The second-order valence-electron chi connectivity index (χ2n) is 15.2. The molecule has 3 aromatic heterocycles. The molecule has 4 nitrogen and oxygen atoms in total. The Morgan fingerprint density at radius 3 is 0.474 bits per heavy atom. The maximum atomic E-state index is 16.4. The van der Waals surface area contributed by atoms with Crippen LogP contribution in [0, 0.1) is 116 Å². The number of nitrogens with zero attached hydrogens (tertiary/aromatic N) is 2. The summed E-state index contributed by atoms with van der Waals surface area (Å²) in [6.45, 7) is 0. The van der Waals surface area contributed by atoms with Crippen LogP contribution in [0.2, 0.25) is 0 Å². The molecule has 0 radical (unpaired) electrons. The Balaban J connectivity index is 1.75. The van der Waals surface area contributed by atoms with Crippen molar-refractivity contribution in [2.45, 2.75) is 0 Å². The molecular weight excluding hydrogens is 1600 g/mol. The molecule has 0 saturated heterocycles. The average Bonchev–Trinajstić information content (AvgIpc) is 4.06. The smallest absolute Gasteiger partial charge is 0.200 e. The van der Waals surface area contributed by atoms with Gasteiger partial charge in [0.25, 0.3) is 0 Å². The van der Waals surface area contributed by atoms with E-state index in [4.69, 9.17) is 0 Å². The van der Waals surface area contributed by atoms with Crippen LogP contribution in [0.4, 0.5) is 87.8 Å². The lowest BCUT2D eigenvalue weighted by atomic mass is 10.0. The van der Waals surface area contributed by atoms with Crippen LogP contribution in [0.3, 0.4) is 0 Å². The molecule has 2 N–H and O–H groups in total. The molecule has 0 amide bonds. The van der Waals surface area contributed by atoms with Gasteiger partial charge in [-0.05, 0) is 127 Å². The summed E-state index contributed by atoms with van der Waals surface area (Å²) in [6, 6.07) is 0. The maximum absolute atomic E-state index is 16.4. The molecular formula is C44H2Br8F20N4. The van der Waals surface area contributed by atoms with E-state index in [1.165, 1.54) is 0 Å². The molecule has 5 heterocycles. The SMILES string of the molecule is Fc1c(F)c(F)c(-c2c3nc(c(-c4c(F)c(F)c(F)c(F)c4F)c4[nH]c(c(Br)c4Br)c(-c4c(F)c(F)c(F)c(F)c4F)c4nc(c(-c5c(F)c(F)c(F)c(F)c5F)c5[nH]c2c(Br)c5Br)C(Br)=C4Br)C(Br)=C3Br)c(F)c1F. The first-order valence-electron chi connectivity index (χ1n) is 19.2. The number of hydrogen-bond acceptors (Lipinski definition) is 2. The monoisotopic (exact) mass is 1600 g/mol. The molecule has 0 spiro atoms. The van der Waals surface area contributed by atoms with Crippen molar-refractivity contribution in [3.05, 3.63) is 157 Å². The van der Waals surface area contributed by atoms with Gasteiger partial charge in [0.1, 0.15) is 0 Å². The van der Waals surface area contributed by atoms with Gasteiger partial charge in [-0.1, -0.05) is 0 Å². The summed E-state index contributed by atoms with van der Waals surface area (Å²) in [5.74, 6) is -54.1. The Morgan fingerprint density at radius 1 is 0.197 bits per heavy atom. The zero-order chi connectivity index (χ0) is 56.2. The van der Waals surface area contributed by atoms with Gasteiger partial charge in [-0.25, -0.2) is 97.8 Å². The zero-order valence-corrected chi connectivity index (χ0v) is 47.2. The molecule has 76 heavy (non-hydrogen) atoms. The van der Waals surface area contributed by atoms with Crippen LogP contribution in [0.5, 0.6) is 0 Å². The molecule has 8 bridgehead atoms. The second kappa shape index (κ2) is 19.9. The number of rotatable bonds is 4. The van der Waals surface area contributed by atoms with Crippen molar-refractivity contribution in [2.24, 2.45) is 0 Å². The summed E-state index contributed by atoms with van der Waals surface area (Å²) in [7, 11) is 0. The Morgan fingerprint density at radius 2 is 0.329 bits per heavy atom. The van der Waals surface area contributed by atoms with Gasteiger partial charge in [0.05, 0.1) is 103 Å². The van der Waals surface area contributed by atoms with E-state index in [1.54, 1.807) is 0 Å². The summed E-state index contributed by atoms with van der Waals surface area (Å²) in [4.78, 5) is 12.8. The van der Waals surface area contributed by atoms with E-state index >= 15 is 70.2 Å². The first-order valence-corrected chi connectivity index (χ1v) is 25.5. The predicted molar refractivity (Wildman–Crippen MR) is 262 cm³/mol. The van der Waals surface area contributed by atoms with Gasteiger partial charge in [0, 0.05) is 22.3 Å². The van der Waals surface area contributed by atoms with Gasteiger partial charge >= 0.3 is 0 Å². The molecule has 2 aliphatic rings. The number of hydrogen-bond donors (Lipinski definition) is 2. The molecule has 9 rings (SSSR count). The standard InChI is InChI=1S/C44H2Br8F20N4/c45-9-11(47)39-6(2-19(55)27(63)34(70)28(64)20(2)56)41-13(49)15(51)43(75-41)8(4-23(59)31(67)36(72)32(68)24(4)60)44-16(52)14(50)42(76-44)7(3-21(57)29(65)35(71)30(66)22(3)58)40-12(48)10(46)38(74-40)5(37(9)73-39)1-17(53)25(61)33(69)26(62)18(1)54/h73,76H. The summed E-state index contributed by atoms with van der Waals surface area (Å²) in [5.41, 5.74) is -22.6. The third-order valence-corrected chi connectivity index (χ3v) is 19.6. The van der Waals surface area contributed by atoms with E-state index in [0.717, 1.165) is 0 Å².